The fourth-order valence-corrected chi connectivity index (χ4v) is 5.38. The van der Waals surface area contributed by atoms with Crippen LogP contribution in [0.4, 0.5) is 5.69 Å². The van der Waals surface area contributed by atoms with E-state index in [9.17, 15) is 0 Å². The first-order valence-corrected chi connectivity index (χ1v) is 13.7. The van der Waals surface area contributed by atoms with Gasteiger partial charge in [0.1, 0.15) is 16.9 Å². The average Bonchev–Trinajstić information content (AvgIpc) is 3.62. The van der Waals surface area contributed by atoms with Gasteiger partial charge in [0, 0.05) is 74.5 Å². The highest BCUT2D eigenvalue weighted by Gasteiger charge is 2.20. The summed E-state index contributed by atoms with van der Waals surface area (Å²) >= 11 is 0. The Bertz CT molecular complexity index is 1760. The highest BCUT2D eigenvalue weighted by atomic mass is 15.2. The molecule has 0 amide bonds. The number of piperazine rings is 1. The minimum absolute atomic E-state index is 0.729. The summed E-state index contributed by atoms with van der Waals surface area (Å²) in [6.07, 6.45) is 5.65. The largest absolute Gasteiger partial charge is 0.368 e. The Morgan fingerprint density at radius 3 is 2.62 bits per heavy atom. The van der Waals surface area contributed by atoms with E-state index in [4.69, 9.17) is 4.98 Å². The average molecular weight is 530 g/mol. The van der Waals surface area contributed by atoms with E-state index in [1.54, 1.807) is 0 Å². The molecule has 1 aliphatic heterocycles. The van der Waals surface area contributed by atoms with Crippen molar-refractivity contribution in [1.82, 2.24) is 40.3 Å². The molecule has 7 rings (SSSR count). The molecule has 0 aliphatic carbocycles. The molecule has 1 aromatic carbocycles. The molecule has 9 nitrogen and oxygen atoms in total. The lowest BCUT2D eigenvalue weighted by atomic mass is 10.1. The van der Waals surface area contributed by atoms with Gasteiger partial charge in [0.15, 0.2) is 0 Å². The van der Waals surface area contributed by atoms with E-state index in [0.717, 1.165) is 89.5 Å². The van der Waals surface area contributed by atoms with E-state index >= 15 is 0 Å². The van der Waals surface area contributed by atoms with Crippen LogP contribution < -0.4 is 10.2 Å². The Morgan fingerprint density at radius 1 is 0.900 bits per heavy atom. The van der Waals surface area contributed by atoms with Gasteiger partial charge in [0.2, 0.25) is 0 Å². The molecule has 40 heavy (non-hydrogen) atoms. The second-order valence-electron chi connectivity index (χ2n) is 10.4. The molecular formula is C31H31N9. The molecule has 1 fully saturated rings. The third kappa shape index (κ3) is 4.81. The standard InChI is InChI=1S/C31H31N9/c1-39-11-13-40(14-12-39)28-9-10-34-31-24(28)16-27(36-31)30-29-26(37-38-30)8-7-25(35-29)23-15-22(19-33-20-23)18-32-17-21-5-3-2-4-6-21/h2-10,15-16,19-20,32H,11-14,17-18H2,1H3,(H,34,36)(H,37,38). The lowest BCUT2D eigenvalue weighted by Crippen LogP contribution is -2.44. The lowest BCUT2D eigenvalue weighted by Gasteiger charge is -2.34. The summed E-state index contributed by atoms with van der Waals surface area (Å²) in [5.74, 6) is 0. The van der Waals surface area contributed by atoms with Crippen LogP contribution in [0, 0.1) is 0 Å². The number of aromatic amines is 2. The van der Waals surface area contributed by atoms with Gasteiger partial charge in [-0.25, -0.2) is 9.97 Å². The van der Waals surface area contributed by atoms with Crippen LogP contribution in [0.3, 0.4) is 0 Å². The molecule has 0 spiro atoms. The zero-order chi connectivity index (χ0) is 26.9. The van der Waals surface area contributed by atoms with Crippen molar-refractivity contribution in [2.45, 2.75) is 13.1 Å². The van der Waals surface area contributed by atoms with Crippen molar-refractivity contribution in [1.29, 1.82) is 0 Å². The Hall–Kier alpha value is -4.60. The summed E-state index contributed by atoms with van der Waals surface area (Å²) in [4.78, 5) is 22.4. The second kappa shape index (κ2) is 10.5. The Morgan fingerprint density at radius 2 is 1.75 bits per heavy atom. The smallest absolute Gasteiger partial charge is 0.139 e. The van der Waals surface area contributed by atoms with Crippen molar-refractivity contribution in [3.8, 4) is 22.6 Å². The van der Waals surface area contributed by atoms with Crippen molar-refractivity contribution in [3.05, 3.63) is 90.4 Å². The first kappa shape index (κ1) is 24.4. The van der Waals surface area contributed by atoms with Gasteiger partial charge in [-0.1, -0.05) is 30.3 Å². The fraction of sp³-hybridized carbons (Fsp3) is 0.226. The zero-order valence-corrected chi connectivity index (χ0v) is 22.4. The van der Waals surface area contributed by atoms with Crippen molar-refractivity contribution in [3.63, 3.8) is 0 Å². The second-order valence-corrected chi connectivity index (χ2v) is 10.4. The molecule has 5 aromatic heterocycles. The van der Waals surface area contributed by atoms with E-state index in [1.807, 2.05) is 36.8 Å². The Labute approximate surface area is 232 Å². The topological polar surface area (TPSA) is 102 Å². The number of benzene rings is 1. The van der Waals surface area contributed by atoms with Crippen molar-refractivity contribution < 1.29 is 0 Å². The number of hydrogen-bond acceptors (Lipinski definition) is 7. The number of rotatable bonds is 7. The maximum Gasteiger partial charge on any atom is 0.139 e. The summed E-state index contributed by atoms with van der Waals surface area (Å²) in [5, 5.41) is 12.4. The van der Waals surface area contributed by atoms with Gasteiger partial charge < -0.3 is 20.1 Å². The number of nitrogens with zero attached hydrogens (tertiary/aromatic N) is 6. The first-order chi connectivity index (χ1) is 19.7. The number of hydrogen-bond donors (Lipinski definition) is 3. The van der Waals surface area contributed by atoms with Crippen LogP contribution >= 0.6 is 0 Å². The monoisotopic (exact) mass is 529 g/mol. The summed E-state index contributed by atoms with van der Waals surface area (Å²) in [6, 6.07) is 20.9. The molecule has 3 N–H and O–H groups in total. The molecule has 200 valence electrons. The number of nitrogens with one attached hydrogen (secondary N) is 3. The number of likely N-dealkylation sites (N-methyl/N-ethyl adjacent to an activating group) is 1. The van der Waals surface area contributed by atoms with Crippen LogP contribution in [0.2, 0.25) is 0 Å². The minimum atomic E-state index is 0.729. The molecule has 0 saturated carbocycles. The molecule has 9 heteroatoms. The first-order valence-electron chi connectivity index (χ1n) is 13.7. The van der Waals surface area contributed by atoms with Crippen molar-refractivity contribution >= 4 is 27.8 Å². The maximum absolute atomic E-state index is 5.03. The summed E-state index contributed by atoms with van der Waals surface area (Å²) in [7, 11) is 2.17. The minimum Gasteiger partial charge on any atom is -0.368 e. The molecule has 6 aromatic rings. The van der Waals surface area contributed by atoms with Gasteiger partial charge >= 0.3 is 0 Å². The third-order valence-corrected chi connectivity index (χ3v) is 7.61. The highest BCUT2D eigenvalue weighted by molar-refractivity contribution is 5.97. The Balaban J connectivity index is 1.17. The zero-order valence-electron chi connectivity index (χ0n) is 22.4. The van der Waals surface area contributed by atoms with E-state index < -0.39 is 0 Å². The van der Waals surface area contributed by atoms with Crippen LogP contribution in [-0.4, -0.2) is 68.3 Å². The predicted molar refractivity (Wildman–Crippen MR) is 159 cm³/mol. The van der Waals surface area contributed by atoms with Gasteiger partial charge in [-0.2, -0.15) is 5.10 Å². The van der Waals surface area contributed by atoms with E-state index in [-0.39, 0.29) is 0 Å². The van der Waals surface area contributed by atoms with E-state index in [0.29, 0.717) is 0 Å². The number of aromatic nitrogens is 6. The molecule has 0 unspecified atom stereocenters. The predicted octanol–water partition coefficient (Wildman–Crippen LogP) is 4.60. The molecule has 1 saturated heterocycles. The van der Waals surface area contributed by atoms with Gasteiger partial charge in [-0.3, -0.25) is 10.1 Å². The number of pyridine rings is 3. The number of fused-ring (bicyclic) bond motifs is 2. The number of H-pyrrole nitrogens is 2. The summed E-state index contributed by atoms with van der Waals surface area (Å²) in [6.45, 7) is 5.65. The molecule has 1 aliphatic rings. The Kier molecular flexibility index (Phi) is 6.43. The molecule has 0 radical (unpaired) electrons. The SMILES string of the molecule is CN1CCN(c2ccnc3[nH]c(-c4n[nH]c5ccc(-c6cncc(CNCc7ccccc7)c6)nc45)cc23)CC1. The van der Waals surface area contributed by atoms with Crippen LogP contribution in [0.15, 0.2) is 79.3 Å². The normalized spacial score (nSPS) is 14.4. The number of anilines is 1. The van der Waals surface area contributed by atoms with Crippen LogP contribution in [0.1, 0.15) is 11.1 Å². The maximum atomic E-state index is 5.03. The summed E-state index contributed by atoms with van der Waals surface area (Å²) < 4.78 is 0. The van der Waals surface area contributed by atoms with Gasteiger partial charge in [0.05, 0.1) is 16.9 Å². The van der Waals surface area contributed by atoms with Gasteiger partial charge in [-0.05, 0) is 48.5 Å². The molecule has 6 heterocycles. The molecule has 0 atom stereocenters. The van der Waals surface area contributed by atoms with Crippen molar-refractivity contribution in [2.75, 3.05) is 38.1 Å². The quantitative estimate of drug-likeness (QED) is 0.278. The van der Waals surface area contributed by atoms with Crippen LogP contribution in [0.25, 0.3) is 44.7 Å². The molecule has 0 bridgehead atoms. The van der Waals surface area contributed by atoms with Crippen LogP contribution in [0.5, 0.6) is 0 Å². The fourth-order valence-electron chi connectivity index (χ4n) is 5.38. The van der Waals surface area contributed by atoms with Gasteiger partial charge in [0.25, 0.3) is 0 Å². The van der Waals surface area contributed by atoms with Crippen LogP contribution in [-0.2, 0) is 13.1 Å². The highest BCUT2D eigenvalue weighted by Crippen LogP contribution is 2.33. The third-order valence-electron chi connectivity index (χ3n) is 7.61. The van der Waals surface area contributed by atoms with Crippen molar-refractivity contribution in [2.24, 2.45) is 0 Å². The summed E-state index contributed by atoms with van der Waals surface area (Å²) in [5.41, 5.74) is 9.66. The molecular weight excluding hydrogens is 498 g/mol. The van der Waals surface area contributed by atoms with Gasteiger partial charge in [-0.15, -0.1) is 0 Å². The lowest BCUT2D eigenvalue weighted by molar-refractivity contribution is 0.313. The van der Waals surface area contributed by atoms with E-state index in [2.05, 4.69) is 89.8 Å². The van der Waals surface area contributed by atoms with E-state index in [1.165, 1.54) is 11.3 Å².